The lowest BCUT2D eigenvalue weighted by Crippen LogP contribution is -2.13. The maximum Gasteiger partial charge on any atom is 0.259 e. The summed E-state index contributed by atoms with van der Waals surface area (Å²) in [5.74, 6) is -0.728. The van der Waals surface area contributed by atoms with Crippen molar-refractivity contribution < 1.29 is 13.7 Å². The van der Waals surface area contributed by atoms with Crippen LogP contribution in [-0.4, -0.2) is 26.2 Å². The van der Waals surface area contributed by atoms with Crippen molar-refractivity contribution in [2.75, 3.05) is 5.32 Å². The molecule has 0 fully saturated rings. The Morgan fingerprint density at radius 1 is 1.28 bits per heavy atom. The zero-order chi connectivity index (χ0) is 17.4. The first kappa shape index (κ1) is 15.3. The molecule has 0 atom stereocenters. The van der Waals surface area contributed by atoms with Crippen LogP contribution in [0.3, 0.4) is 0 Å². The lowest BCUT2D eigenvalue weighted by atomic mass is 10.1. The maximum absolute atomic E-state index is 13.2. The molecule has 1 amide bonds. The van der Waals surface area contributed by atoms with Gasteiger partial charge in [-0.05, 0) is 37.3 Å². The maximum atomic E-state index is 13.2. The van der Waals surface area contributed by atoms with Crippen molar-refractivity contribution >= 4 is 33.5 Å². The number of nitrogens with one attached hydrogen (secondary N) is 1. The van der Waals surface area contributed by atoms with Crippen LogP contribution in [0.15, 0.2) is 40.4 Å². The molecule has 9 heteroatoms. The molecule has 0 spiro atoms. The number of aromatic nitrogens is 4. The van der Waals surface area contributed by atoms with Crippen LogP contribution in [0, 0.1) is 12.7 Å². The summed E-state index contributed by atoms with van der Waals surface area (Å²) in [6.45, 7) is 1.73. The fourth-order valence-electron chi connectivity index (χ4n) is 2.43. The van der Waals surface area contributed by atoms with Crippen LogP contribution in [0.1, 0.15) is 16.1 Å². The number of benzene rings is 1. The van der Waals surface area contributed by atoms with Gasteiger partial charge in [0, 0.05) is 5.56 Å². The number of rotatable bonds is 3. The van der Waals surface area contributed by atoms with Crippen LogP contribution in [0.25, 0.3) is 22.4 Å². The van der Waals surface area contributed by atoms with Gasteiger partial charge in [-0.2, -0.15) is 0 Å². The van der Waals surface area contributed by atoms with Crippen molar-refractivity contribution in [1.29, 1.82) is 0 Å². The van der Waals surface area contributed by atoms with Crippen molar-refractivity contribution in [3.8, 4) is 11.3 Å². The van der Waals surface area contributed by atoms with Crippen molar-refractivity contribution in [2.45, 2.75) is 6.92 Å². The highest BCUT2D eigenvalue weighted by molar-refractivity contribution is 7.13. The molecule has 3 heterocycles. The van der Waals surface area contributed by atoms with Gasteiger partial charge >= 0.3 is 0 Å². The second-order valence-electron chi connectivity index (χ2n) is 5.21. The smallest absolute Gasteiger partial charge is 0.259 e. The first-order valence-corrected chi connectivity index (χ1v) is 8.10. The molecule has 1 N–H and O–H groups in total. The van der Waals surface area contributed by atoms with E-state index in [0.29, 0.717) is 33.0 Å². The highest BCUT2D eigenvalue weighted by Gasteiger charge is 2.20. The molecule has 7 nitrogen and oxygen atoms in total. The van der Waals surface area contributed by atoms with E-state index in [1.54, 1.807) is 25.1 Å². The molecule has 3 aromatic heterocycles. The molecule has 0 aliphatic rings. The summed E-state index contributed by atoms with van der Waals surface area (Å²) in [6, 6.07) is 7.44. The molecule has 1 aromatic carbocycles. The van der Waals surface area contributed by atoms with Gasteiger partial charge in [0.25, 0.3) is 11.6 Å². The predicted octanol–water partition coefficient (Wildman–Crippen LogP) is 3.44. The number of fused-ring (bicyclic) bond motifs is 1. The first-order chi connectivity index (χ1) is 12.1. The Hall–Kier alpha value is -3.20. The standard InChI is InChI=1S/C16H10FN5O2S/c1-8-13-11(14(23)20-16-21-18-7-25-16)6-12(19-15(13)24-22-8)9-2-4-10(17)5-3-9/h2-7H,1H3,(H,20,21,23). The largest absolute Gasteiger partial charge is 0.335 e. The van der Waals surface area contributed by atoms with Crippen LogP contribution in [-0.2, 0) is 0 Å². The van der Waals surface area contributed by atoms with E-state index in [4.69, 9.17) is 4.52 Å². The summed E-state index contributed by atoms with van der Waals surface area (Å²) in [6.07, 6.45) is 0. The lowest BCUT2D eigenvalue weighted by molar-refractivity contribution is 0.102. The van der Waals surface area contributed by atoms with Crippen molar-refractivity contribution in [2.24, 2.45) is 0 Å². The second-order valence-corrected chi connectivity index (χ2v) is 6.04. The van der Waals surface area contributed by atoms with Gasteiger partial charge in [0.2, 0.25) is 5.13 Å². The molecule has 124 valence electrons. The Bertz CT molecular complexity index is 1060. The third kappa shape index (κ3) is 2.85. The third-order valence-electron chi connectivity index (χ3n) is 3.58. The fraction of sp³-hybridized carbons (Fsp3) is 0.0625. The lowest BCUT2D eigenvalue weighted by Gasteiger charge is -2.06. The zero-order valence-electron chi connectivity index (χ0n) is 12.9. The molecule has 0 unspecified atom stereocenters. The van der Waals surface area contributed by atoms with E-state index in [1.807, 2.05) is 0 Å². The van der Waals surface area contributed by atoms with Gasteiger partial charge in [-0.1, -0.05) is 16.5 Å². The van der Waals surface area contributed by atoms with Gasteiger partial charge in [0.05, 0.1) is 22.3 Å². The van der Waals surface area contributed by atoms with E-state index in [9.17, 15) is 9.18 Å². The van der Waals surface area contributed by atoms with Crippen LogP contribution in [0.5, 0.6) is 0 Å². The number of carbonyl (C=O) groups is 1. The average molecular weight is 355 g/mol. The van der Waals surface area contributed by atoms with E-state index in [-0.39, 0.29) is 17.4 Å². The summed E-state index contributed by atoms with van der Waals surface area (Å²) in [4.78, 5) is 17.1. The number of hydrogen-bond donors (Lipinski definition) is 1. The second kappa shape index (κ2) is 6.02. The van der Waals surface area contributed by atoms with Crippen molar-refractivity contribution in [3.05, 3.63) is 52.9 Å². The summed E-state index contributed by atoms with van der Waals surface area (Å²) < 4.78 is 18.4. The van der Waals surface area contributed by atoms with E-state index in [0.717, 1.165) is 0 Å². The van der Waals surface area contributed by atoms with Crippen LogP contribution >= 0.6 is 11.3 Å². The monoisotopic (exact) mass is 355 g/mol. The minimum absolute atomic E-state index is 0.238. The molecule has 0 aliphatic carbocycles. The van der Waals surface area contributed by atoms with Gasteiger partial charge in [-0.25, -0.2) is 9.37 Å². The minimum Gasteiger partial charge on any atom is -0.335 e. The summed E-state index contributed by atoms with van der Waals surface area (Å²) >= 11 is 1.21. The third-order valence-corrected chi connectivity index (χ3v) is 4.19. The summed E-state index contributed by atoms with van der Waals surface area (Å²) in [5, 5.41) is 15.0. The number of aryl methyl sites for hydroxylation is 1. The summed E-state index contributed by atoms with van der Waals surface area (Å²) in [5.41, 5.74) is 3.79. The van der Waals surface area contributed by atoms with Gasteiger partial charge in [-0.3, -0.25) is 10.1 Å². The molecule has 0 saturated carbocycles. The van der Waals surface area contributed by atoms with Gasteiger partial charge in [-0.15, -0.1) is 10.2 Å². The molecule has 4 rings (SSSR count). The van der Waals surface area contributed by atoms with Crippen LogP contribution in [0.4, 0.5) is 9.52 Å². The molecule has 0 saturated heterocycles. The fourth-order valence-corrected chi connectivity index (χ4v) is 2.87. The molecule has 25 heavy (non-hydrogen) atoms. The molecule has 0 aliphatic heterocycles. The quantitative estimate of drug-likeness (QED) is 0.605. The molecule has 0 bridgehead atoms. The summed E-state index contributed by atoms with van der Waals surface area (Å²) in [7, 11) is 0. The van der Waals surface area contributed by atoms with Crippen LogP contribution < -0.4 is 5.32 Å². The highest BCUT2D eigenvalue weighted by atomic mass is 32.1. The topological polar surface area (TPSA) is 93.8 Å². The minimum atomic E-state index is -0.376. The van der Waals surface area contributed by atoms with Crippen molar-refractivity contribution in [1.82, 2.24) is 20.3 Å². The molecular weight excluding hydrogens is 345 g/mol. The normalized spacial score (nSPS) is 11.0. The Labute approximate surface area is 144 Å². The van der Waals surface area contributed by atoms with E-state index >= 15 is 0 Å². The van der Waals surface area contributed by atoms with Gasteiger partial charge in [0.1, 0.15) is 11.3 Å². The Morgan fingerprint density at radius 3 is 2.80 bits per heavy atom. The molecule has 0 radical (unpaired) electrons. The Balaban J connectivity index is 1.84. The van der Waals surface area contributed by atoms with Crippen LogP contribution in [0.2, 0.25) is 0 Å². The van der Waals surface area contributed by atoms with E-state index < -0.39 is 0 Å². The predicted molar refractivity (Wildman–Crippen MR) is 89.8 cm³/mol. The number of anilines is 1. The number of amides is 1. The van der Waals surface area contributed by atoms with E-state index in [2.05, 4.69) is 25.7 Å². The average Bonchev–Trinajstić information content (AvgIpc) is 3.25. The Morgan fingerprint density at radius 2 is 2.08 bits per heavy atom. The van der Waals surface area contributed by atoms with Gasteiger partial charge in [0.15, 0.2) is 0 Å². The molecule has 4 aromatic rings. The van der Waals surface area contributed by atoms with Gasteiger partial charge < -0.3 is 4.52 Å². The van der Waals surface area contributed by atoms with E-state index in [1.165, 1.54) is 29.0 Å². The number of carbonyl (C=O) groups excluding carboxylic acids is 1. The zero-order valence-corrected chi connectivity index (χ0v) is 13.7. The highest BCUT2D eigenvalue weighted by Crippen LogP contribution is 2.28. The number of hydrogen-bond acceptors (Lipinski definition) is 7. The SMILES string of the molecule is Cc1noc2nc(-c3ccc(F)cc3)cc(C(=O)Nc3nncs3)c12. The number of nitrogens with zero attached hydrogens (tertiary/aromatic N) is 4. The number of halogens is 1. The molecular formula is C16H10FN5O2S. The Kier molecular flexibility index (Phi) is 3.69. The number of pyridine rings is 1. The first-order valence-electron chi connectivity index (χ1n) is 7.22. The van der Waals surface area contributed by atoms with Crippen molar-refractivity contribution in [3.63, 3.8) is 0 Å².